The lowest BCUT2D eigenvalue weighted by molar-refractivity contribution is 0.699. The van der Waals surface area contributed by atoms with E-state index in [0.717, 1.165) is 28.9 Å². The van der Waals surface area contributed by atoms with Gasteiger partial charge in [-0.2, -0.15) is 5.10 Å². The molecule has 0 aliphatic carbocycles. The minimum absolute atomic E-state index is 0.163. The Hall–Kier alpha value is -3.54. The number of nitrogens with zero attached hydrogens (tertiary/aromatic N) is 6. The summed E-state index contributed by atoms with van der Waals surface area (Å²) in [7, 11) is 0. The van der Waals surface area contributed by atoms with Crippen LogP contribution in [0.5, 0.6) is 0 Å². The summed E-state index contributed by atoms with van der Waals surface area (Å²) in [5.41, 5.74) is 4.04. The summed E-state index contributed by atoms with van der Waals surface area (Å²) in [6.07, 6.45) is 4.50. The highest BCUT2D eigenvalue weighted by atomic mass is 15.3. The molecular weight excluding hydrogens is 348 g/mol. The van der Waals surface area contributed by atoms with Crippen molar-refractivity contribution in [1.82, 2.24) is 29.4 Å². The highest BCUT2D eigenvalue weighted by Gasteiger charge is 2.19. The Labute approximate surface area is 162 Å². The van der Waals surface area contributed by atoms with Crippen molar-refractivity contribution in [2.24, 2.45) is 0 Å². The van der Waals surface area contributed by atoms with Gasteiger partial charge in [0.05, 0.1) is 18.1 Å². The van der Waals surface area contributed by atoms with E-state index in [1.165, 1.54) is 11.1 Å². The van der Waals surface area contributed by atoms with Crippen LogP contribution >= 0.6 is 0 Å². The third-order valence-corrected chi connectivity index (χ3v) is 5.09. The minimum Gasteiger partial charge on any atom is -0.243 e. The summed E-state index contributed by atoms with van der Waals surface area (Å²) >= 11 is 0. The van der Waals surface area contributed by atoms with Crippen LogP contribution in [0.1, 0.15) is 36.2 Å². The Kier molecular flexibility index (Phi) is 4.09. The number of aromatic nitrogens is 6. The molecule has 0 bridgehead atoms. The molecule has 3 heterocycles. The van der Waals surface area contributed by atoms with E-state index in [1.54, 1.807) is 10.8 Å². The molecule has 0 amide bonds. The van der Waals surface area contributed by atoms with Crippen LogP contribution in [0.15, 0.2) is 73.2 Å². The van der Waals surface area contributed by atoms with Crippen molar-refractivity contribution < 1.29 is 0 Å². The Bertz CT molecular complexity index is 1220. The van der Waals surface area contributed by atoms with Crippen LogP contribution in [0, 0.1) is 0 Å². The van der Waals surface area contributed by atoms with Crippen molar-refractivity contribution in [2.75, 3.05) is 0 Å². The zero-order valence-corrected chi connectivity index (χ0v) is 15.6. The van der Waals surface area contributed by atoms with Crippen LogP contribution in [0.3, 0.4) is 0 Å². The van der Waals surface area contributed by atoms with Crippen LogP contribution in [0.4, 0.5) is 0 Å². The standard InChI is InChI=1S/C22H20N6/c1-2-18(17-11-7-4-8-12-17)20-25-22-19-13-24-27(14-16-9-5-3-6-10-16)21(19)23-15-28(22)26-20/h3-13,15,18H,2,14H2,1H3. The Balaban J connectivity index is 1.57. The second-order valence-corrected chi connectivity index (χ2v) is 6.88. The molecule has 3 aromatic heterocycles. The van der Waals surface area contributed by atoms with E-state index in [4.69, 9.17) is 10.1 Å². The summed E-state index contributed by atoms with van der Waals surface area (Å²) in [6, 6.07) is 20.7. The topological polar surface area (TPSA) is 60.9 Å². The Morgan fingerprint density at radius 2 is 1.68 bits per heavy atom. The van der Waals surface area contributed by atoms with Crippen LogP contribution < -0.4 is 0 Å². The SMILES string of the molecule is CCC(c1ccccc1)c1nc2c3cnn(Cc4ccccc4)c3ncn2n1. The maximum atomic E-state index is 4.87. The quantitative estimate of drug-likeness (QED) is 0.469. The van der Waals surface area contributed by atoms with Gasteiger partial charge in [0.2, 0.25) is 0 Å². The molecule has 2 aromatic carbocycles. The van der Waals surface area contributed by atoms with Gasteiger partial charge < -0.3 is 0 Å². The second-order valence-electron chi connectivity index (χ2n) is 6.88. The van der Waals surface area contributed by atoms with E-state index in [-0.39, 0.29) is 5.92 Å². The molecule has 0 spiro atoms. The molecule has 0 N–H and O–H groups in total. The summed E-state index contributed by atoms with van der Waals surface area (Å²) in [4.78, 5) is 9.46. The third-order valence-electron chi connectivity index (χ3n) is 5.09. The lowest BCUT2D eigenvalue weighted by atomic mass is 9.96. The average Bonchev–Trinajstić information content (AvgIpc) is 3.34. The molecule has 0 radical (unpaired) electrons. The van der Waals surface area contributed by atoms with Crippen molar-refractivity contribution in [2.45, 2.75) is 25.8 Å². The molecule has 0 fully saturated rings. The molecule has 28 heavy (non-hydrogen) atoms. The predicted octanol–water partition coefficient (Wildman–Crippen LogP) is 4.06. The van der Waals surface area contributed by atoms with Crippen molar-refractivity contribution >= 4 is 16.7 Å². The van der Waals surface area contributed by atoms with Gasteiger partial charge in [-0.1, -0.05) is 67.6 Å². The van der Waals surface area contributed by atoms with Gasteiger partial charge >= 0.3 is 0 Å². The molecule has 5 rings (SSSR count). The zero-order valence-electron chi connectivity index (χ0n) is 15.6. The van der Waals surface area contributed by atoms with Crippen molar-refractivity contribution in [3.05, 3.63) is 90.1 Å². The summed E-state index contributed by atoms with van der Waals surface area (Å²) in [5.74, 6) is 0.981. The first kappa shape index (κ1) is 16.6. The van der Waals surface area contributed by atoms with Crippen LogP contribution in [0.25, 0.3) is 16.7 Å². The fourth-order valence-electron chi connectivity index (χ4n) is 3.66. The number of hydrogen-bond acceptors (Lipinski definition) is 4. The van der Waals surface area contributed by atoms with Gasteiger partial charge in [0.25, 0.3) is 0 Å². The molecule has 138 valence electrons. The maximum Gasteiger partial charge on any atom is 0.170 e. The number of hydrogen-bond donors (Lipinski definition) is 0. The Morgan fingerprint density at radius 1 is 0.929 bits per heavy atom. The van der Waals surface area contributed by atoms with Gasteiger partial charge in [0, 0.05) is 5.92 Å². The first-order valence-corrected chi connectivity index (χ1v) is 9.49. The molecule has 0 aliphatic rings. The lowest BCUT2D eigenvalue weighted by Gasteiger charge is -2.10. The van der Waals surface area contributed by atoms with E-state index in [0.29, 0.717) is 6.54 Å². The van der Waals surface area contributed by atoms with Gasteiger partial charge in [0.15, 0.2) is 17.1 Å². The fraction of sp³-hybridized carbons (Fsp3) is 0.182. The van der Waals surface area contributed by atoms with Gasteiger partial charge in [-0.15, -0.1) is 5.10 Å². The van der Waals surface area contributed by atoms with Crippen LogP contribution in [-0.4, -0.2) is 29.4 Å². The predicted molar refractivity (Wildman–Crippen MR) is 108 cm³/mol. The molecular formula is C22H20N6. The average molecular weight is 368 g/mol. The molecule has 1 unspecified atom stereocenters. The fourth-order valence-corrected chi connectivity index (χ4v) is 3.66. The lowest BCUT2D eigenvalue weighted by Crippen LogP contribution is -2.03. The summed E-state index contributed by atoms with van der Waals surface area (Å²) < 4.78 is 3.67. The molecule has 1 atom stereocenters. The largest absolute Gasteiger partial charge is 0.243 e. The monoisotopic (exact) mass is 368 g/mol. The number of rotatable bonds is 5. The van der Waals surface area contributed by atoms with Crippen LogP contribution in [-0.2, 0) is 6.54 Å². The highest BCUT2D eigenvalue weighted by molar-refractivity contribution is 5.88. The van der Waals surface area contributed by atoms with Crippen molar-refractivity contribution in [1.29, 1.82) is 0 Å². The first-order chi connectivity index (χ1) is 13.8. The van der Waals surface area contributed by atoms with E-state index in [2.05, 4.69) is 53.4 Å². The normalized spacial score (nSPS) is 12.6. The van der Waals surface area contributed by atoms with E-state index in [1.807, 2.05) is 35.1 Å². The molecule has 0 saturated carbocycles. The van der Waals surface area contributed by atoms with Crippen molar-refractivity contribution in [3.8, 4) is 0 Å². The molecule has 0 aliphatic heterocycles. The number of benzene rings is 2. The van der Waals surface area contributed by atoms with Crippen LogP contribution in [0.2, 0.25) is 0 Å². The van der Waals surface area contributed by atoms with Gasteiger partial charge in [-0.05, 0) is 17.5 Å². The maximum absolute atomic E-state index is 4.87. The van der Waals surface area contributed by atoms with Gasteiger partial charge in [-0.25, -0.2) is 19.2 Å². The summed E-state index contributed by atoms with van der Waals surface area (Å²) in [6.45, 7) is 2.84. The third kappa shape index (κ3) is 2.83. The second kappa shape index (κ2) is 6.88. The minimum atomic E-state index is 0.163. The highest BCUT2D eigenvalue weighted by Crippen LogP contribution is 2.27. The van der Waals surface area contributed by atoms with Crippen molar-refractivity contribution in [3.63, 3.8) is 0 Å². The molecule has 5 aromatic rings. The first-order valence-electron chi connectivity index (χ1n) is 9.49. The smallest absolute Gasteiger partial charge is 0.170 e. The molecule has 6 heteroatoms. The molecule has 6 nitrogen and oxygen atoms in total. The summed E-state index contributed by atoms with van der Waals surface area (Å²) in [5, 5.41) is 10.2. The zero-order chi connectivity index (χ0) is 18.9. The van der Waals surface area contributed by atoms with E-state index < -0.39 is 0 Å². The number of fused-ring (bicyclic) bond motifs is 3. The van der Waals surface area contributed by atoms with Gasteiger partial charge in [0.1, 0.15) is 6.33 Å². The van der Waals surface area contributed by atoms with E-state index in [9.17, 15) is 0 Å². The van der Waals surface area contributed by atoms with E-state index >= 15 is 0 Å². The molecule has 0 saturated heterocycles. The van der Waals surface area contributed by atoms with Gasteiger partial charge in [-0.3, -0.25) is 0 Å². The Morgan fingerprint density at radius 3 is 2.43 bits per heavy atom.